The maximum atomic E-state index is 13.2. The van der Waals surface area contributed by atoms with E-state index in [1.807, 2.05) is 57.2 Å². The molecule has 2 aromatic rings. The van der Waals surface area contributed by atoms with Crippen LogP contribution < -0.4 is 16.1 Å². The molecule has 0 radical (unpaired) electrons. The molecule has 0 saturated heterocycles. The third kappa shape index (κ3) is 9.61. The number of carbonyl (C=O) groups excluding carboxylic acids is 2. The van der Waals surface area contributed by atoms with E-state index in [4.69, 9.17) is 4.74 Å². The number of ether oxygens (including phenoxy) is 1. The van der Waals surface area contributed by atoms with Crippen LogP contribution in [0.4, 0.5) is 4.79 Å². The summed E-state index contributed by atoms with van der Waals surface area (Å²) >= 11 is 0. The number of unbranched alkanes of at least 4 members (excludes halogenated alkanes) is 3. The Morgan fingerprint density at radius 3 is 2.39 bits per heavy atom. The van der Waals surface area contributed by atoms with Crippen LogP contribution in [0.3, 0.4) is 0 Å². The van der Waals surface area contributed by atoms with Gasteiger partial charge in [0.2, 0.25) is 5.91 Å². The molecule has 0 aromatic heterocycles. The van der Waals surface area contributed by atoms with Crippen LogP contribution in [0, 0.1) is 5.92 Å². The van der Waals surface area contributed by atoms with E-state index < -0.39 is 30.2 Å². The second-order valence-corrected chi connectivity index (χ2v) is 9.79. The average molecular weight is 499 g/mol. The van der Waals surface area contributed by atoms with Gasteiger partial charge >= 0.3 is 6.09 Å². The molecule has 3 N–H and O–H groups in total. The summed E-state index contributed by atoms with van der Waals surface area (Å²) in [5, 5.41) is 16.6. The molecule has 0 saturated carbocycles. The molecule has 0 aliphatic rings. The molecule has 0 spiro atoms. The number of benzene rings is 1. The van der Waals surface area contributed by atoms with Gasteiger partial charge in [-0.25, -0.2) is 4.79 Å². The predicted molar refractivity (Wildman–Crippen MR) is 143 cm³/mol. The number of nitrogens with one attached hydrogen (secondary N) is 2. The second kappa shape index (κ2) is 15.2. The van der Waals surface area contributed by atoms with Gasteiger partial charge in [0, 0.05) is 11.1 Å². The van der Waals surface area contributed by atoms with Crippen molar-refractivity contribution in [1.82, 2.24) is 10.6 Å². The van der Waals surface area contributed by atoms with E-state index in [9.17, 15) is 19.5 Å². The number of aliphatic hydroxyl groups excluding tert-OH is 1. The van der Waals surface area contributed by atoms with Gasteiger partial charge in [0.1, 0.15) is 18.8 Å². The van der Waals surface area contributed by atoms with Gasteiger partial charge in [-0.3, -0.25) is 9.59 Å². The number of carbonyl (C=O) groups is 2. The smallest absolute Gasteiger partial charge is 0.408 e. The van der Waals surface area contributed by atoms with Crippen LogP contribution >= 0.6 is 0 Å². The Morgan fingerprint density at radius 2 is 1.75 bits per heavy atom. The summed E-state index contributed by atoms with van der Waals surface area (Å²) in [4.78, 5) is 38.0. The summed E-state index contributed by atoms with van der Waals surface area (Å²) < 4.78 is 5.30. The molecule has 7 heteroatoms. The van der Waals surface area contributed by atoms with Crippen molar-refractivity contribution in [3.8, 4) is 0 Å². The van der Waals surface area contributed by atoms with E-state index in [-0.39, 0.29) is 18.0 Å². The molecule has 198 valence electrons. The monoisotopic (exact) mass is 498 g/mol. The Balaban J connectivity index is 2.04. The largest absolute Gasteiger partial charge is 0.445 e. The van der Waals surface area contributed by atoms with Crippen LogP contribution in [0.2, 0.25) is 0 Å². The van der Waals surface area contributed by atoms with Crippen molar-refractivity contribution in [2.45, 2.75) is 97.4 Å². The third-order valence-electron chi connectivity index (χ3n) is 6.13. The molecule has 2 amide bonds. The quantitative estimate of drug-likeness (QED) is 0.277. The van der Waals surface area contributed by atoms with Gasteiger partial charge in [0.25, 0.3) is 0 Å². The summed E-state index contributed by atoms with van der Waals surface area (Å²) in [5.74, 6) is -0.254. The molecule has 7 nitrogen and oxygen atoms in total. The topological polar surface area (TPSA) is 105 Å². The van der Waals surface area contributed by atoms with Gasteiger partial charge < -0.3 is 20.5 Å². The van der Waals surface area contributed by atoms with Gasteiger partial charge in [0.05, 0.1) is 6.04 Å². The van der Waals surface area contributed by atoms with Gasteiger partial charge in [-0.05, 0) is 30.7 Å². The van der Waals surface area contributed by atoms with Crippen LogP contribution in [0.15, 0.2) is 41.2 Å². The van der Waals surface area contributed by atoms with Crippen LogP contribution in [0.25, 0.3) is 6.08 Å². The van der Waals surface area contributed by atoms with E-state index in [1.54, 1.807) is 6.08 Å². The average Bonchev–Trinajstić information content (AvgIpc) is 3.51. The minimum Gasteiger partial charge on any atom is -0.445 e. The van der Waals surface area contributed by atoms with Crippen molar-refractivity contribution in [2.24, 2.45) is 5.92 Å². The molecule has 2 aromatic carbocycles. The lowest BCUT2D eigenvalue weighted by Crippen LogP contribution is -2.51. The molecule has 3 atom stereocenters. The Morgan fingerprint density at radius 1 is 1.06 bits per heavy atom. The molecular weight excluding hydrogens is 456 g/mol. The lowest BCUT2D eigenvalue weighted by atomic mass is 9.99. The number of amides is 2. The predicted octanol–water partition coefficient (Wildman–Crippen LogP) is 5.18. The van der Waals surface area contributed by atoms with Crippen molar-refractivity contribution in [3.05, 3.63) is 63.3 Å². The zero-order valence-electron chi connectivity index (χ0n) is 22.1. The van der Waals surface area contributed by atoms with Gasteiger partial charge in [-0.2, -0.15) is 0 Å². The summed E-state index contributed by atoms with van der Waals surface area (Å²) in [6, 6.07) is 7.88. The first-order valence-electron chi connectivity index (χ1n) is 13.2. The number of hydrogen-bond acceptors (Lipinski definition) is 5. The minimum atomic E-state index is -1.08. The molecule has 2 rings (SSSR count). The van der Waals surface area contributed by atoms with Gasteiger partial charge in [0.15, 0.2) is 5.43 Å². The fourth-order valence-corrected chi connectivity index (χ4v) is 4.01. The summed E-state index contributed by atoms with van der Waals surface area (Å²) in [6.07, 6.45) is 7.59. The van der Waals surface area contributed by atoms with Gasteiger partial charge in [-0.15, -0.1) is 0 Å². The number of aliphatic hydroxyl groups is 1. The lowest BCUT2D eigenvalue weighted by molar-refractivity contribution is -0.125. The Kier molecular flexibility index (Phi) is 12.4. The Hall–Kier alpha value is -2.93. The van der Waals surface area contributed by atoms with Crippen molar-refractivity contribution < 1.29 is 19.4 Å². The summed E-state index contributed by atoms with van der Waals surface area (Å²) in [6.45, 7) is 8.17. The first-order valence-corrected chi connectivity index (χ1v) is 13.2. The minimum absolute atomic E-state index is 0.103. The highest BCUT2D eigenvalue weighted by molar-refractivity contribution is 5.86. The van der Waals surface area contributed by atoms with E-state index >= 15 is 0 Å². The highest BCUT2D eigenvalue weighted by Gasteiger charge is 2.34. The highest BCUT2D eigenvalue weighted by Crippen LogP contribution is 2.27. The number of rotatable bonds is 16. The fourth-order valence-electron chi connectivity index (χ4n) is 4.01. The van der Waals surface area contributed by atoms with Crippen LogP contribution in [-0.4, -0.2) is 29.2 Å². The molecule has 0 aliphatic heterocycles. The van der Waals surface area contributed by atoms with E-state index in [0.717, 1.165) is 37.7 Å². The molecular formula is C29H42N2O5. The zero-order valence-corrected chi connectivity index (χ0v) is 22.1. The highest BCUT2D eigenvalue weighted by atomic mass is 16.5. The molecule has 0 bridgehead atoms. The second-order valence-electron chi connectivity index (χ2n) is 9.79. The summed E-state index contributed by atoms with van der Waals surface area (Å²) in [5.41, 5.74) is 1.62. The number of hydrogen-bond donors (Lipinski definition) is 3. The molecule has 36 heavy (non-hydrogen) atoms. The molecule has 0 unspecified atom stereocenters. The first-order chi connectivity index (χ1) is 17.3. The molecule has 0 heterocycles. The standard InChI is InChI=1S/C29H42N2O5/c1-5-7-9-13-16-22-25(26(22)32)27(33)23(17-8-6-2)30-28(34)24(18-20(3)4)31-29(35)36-19-21-14-11-10-12-15-21/h10-16,20,23-24,27,33H,5-9,17-19H2,1-4H3,(H,30,34)(H,31,35)/t23-,24-,27+/m0/s1. The van der Waals surface area contributed by atoms with E-state index in [2.05, 4.69) is 17.6 Å². The maximum absolute atomic E-state index is 13.2. The number of allylic oxidation sites excluding steroid dienone is 1. The fraction of sp³-hybridized carbons (Fsp3) is 0.552. The third-order valence-corrected chi connectivity index (χ3v) is 6.13. The normalized spacial score (nSPS) is 14.2. The van der Waals surface area contributed by atoms with Crippen molar-refractivity contribution in [2.75, 3.05) is 0 Å². The van der Waals surface area contributed by atoms with Gasteiger partial charge in [-0.1, -0.05) is 95.9 Å². The maximum Gasteiger partial charge on any atom is 0.408 e. The van der Waals surface area contributed by atoms with Crippen LogP contribution in [0.5, 0.6) is 0 Å². The van der Waals surface area contributed by atoms with Crippen molar-refractivity contribution >= 4 is 18.1 Å². The zero-order chi connectivity index (χ0) is 26.5. The summed E-state index contributed by atoms with van der Waals surface area (Å²) in [7, 11) is 0. The molecule has 0 aliphatic carbocycles. The van der Waals surface area contributed by atoms with Crippen LogP contribution in [0.1, 0.15) is 95.4 Å². The molecule has 0 fully saturated rings. The number of alkyl carbamates (subject to hydrolysis) is 1. The van der Waals surface area contributed by atoms with Crippen LogP contribution in [-0.2, 0) is 16.1 Å². The first kappa shape index (κ1) is 29.3. The van der Waals surface area contributed by atoms with Crippen molar-refractivity contribution in [1.29, 1.82) is 0 Å². The van der Waals surface area contributed by atoms with E-state index in [0.29, 0.717) is 24.0 Å². The Bertz CT molecular complexity index is 975. The Labute approximate surface area is 215 Å². The van der Waals surface area contributed by atoms with E-state index in [1.165, 1.54) is 0 Å². The SMILES string of the molecule is CCCCC=Cc1c([C@H](O)[C@H](CCCC)NC(=O)[C@H](CC(C)C)NC(=O)OCc2ccccc2)c1=O. The lowest BCUT2D eigenvalue weighted by Gasteiger charge is -2.26. The van der Waals surface area contributed by atoms with Crippen molar-refractivity contribution in [3.63, 3.8) is 0 Å².